The molecule has 1 aromatic rings. The molecule has 0 spiro atoms. The van der Waals surface area contributed by atoms with E-state index >= 15 is 0 Å². The molecule has 2 fully saturated rings. The van der Waals surface area contributed by atoms with Crippen LogP contribution in [-0.2, 0) is 0 Å². The van der Waals surface area contributed by atoms with Crippen LogP contribution in [0.2, 0.25) is 0 Å². The highest BCUT2D eigenvalue weighted by molar-refractivity contribution is 5.29. The SMILES string of the molecule is CCCCCCCC1CCC(c2ccc(OCCCC3CCCCC3CCCC)cc2)CC1. The maximum absolute atomic E-state index is 6.15. The molecule has 3 rings (SSSR count). The molecule has 0 amide bonds. The maximum atomic E-state index is 6.15. The average molecular weight is 455 g/mol. The zero-order valence-corrected chi connectivity index (χ0v) is 22.2. The lowest BCUT2D eigenvalue weighted by Gasteiger charge is -2.31. The summed E-state index contributed by atoms with van der Waals surface area (Å²) in [5, 5.41) is 0. The standard InChI is InChI=1S/C32H54O/c1-3-5-7-8-9-13-27-18-20-30(21-19-27)31-22-24-32(25-23-31)33-26-12-17-29-16-11-10-15-28(29)14-6-4-2/h22-25,27-30H,3-21,26H2,1-2H3. The highest BCUT2D eigenvalue weighted by Crippen LogP contribution is 2.39. The Morgan fingerprint density at radius 3 is 1.94 bits per heavy atom. The molecule has 0 heterocycles. The molecule has 2 unspecified atom stereocenters. The van der Waals surface area contributed by atoms with Crippen molar-refractivity contribution in [1.82, 2.24) is 0 Å². The van der Waals surface area contributed by atoms with E-state index in [2.05, 4.69) is 38.1 Å². The topological polar surface area (TPSA) is 9.23 Å². The molecule has 0 bridgehead atoms. The highest BCUT2D eigenvalue weighted by Gasteiger charge is 2.24. The van der Waals surface area contributed by atoms with Crippen LogP contribution in [0, 0.1) is 17.8 Å². The van der Waals surface area contributed by atoms with Gasteiger partial charge >= 0.3 is 0 Å². The molecule has 0 saturated heterocycles. The molecule has 1 nitrogen and oxygen atoms in total. The fourth-order valence-corrected chi connectivity index (χ4v) is 6.70. The van der Waals surface area contributed by atoms with E-state index in [1.165, 1.54) is 122 Å². The van der Waals surface area contributed by atoms with Crippen LogP contribution < -0.4 is 4.74 Å². The highest BCUT2D eigenvalue weighted by atomic mass is 16.5. The maximum Gasteiger partial charge on any atom is 0.119 e. The van der Waals surface area contributed by atoms with E-state index in [0.717, 1.165) is 36.0 Å². The largest absolute Gasteiger partial charge is 0.494 e. The minimum absolute atomic E-state index is 0.779. The monoisotopic (exact) mass is 454 g/mol. The van der Waals surface area contributed by atoms with Crippen LogP contribution in [0.3, 0.4) is 0 Å². The second-order valence-corrected chi connectivity index (χ2v) is 11.4. The molecule has 0 aromatic heterocycles. The van der Waals surface area contributed by atoms with Crippen LogP contribution in [0.1, 0.15) is 147 Å². The van der Waals surface area contributed by atoms with E-state index in [4.69, 9.17) is 4.74 Å². The summed E-state index contributed by atoms with van der Waals surface area (Å²) in [6.45, 7) is 5.53. The van der Waals surface area contributed by atoms with Crippen molar-refractivity contribution < 1.29 is 4.74 Å². The molecule has 1 aromatic carbocycles. The van der Waals surface area contributed by atoms with Crippen molar-refractivity contribution in [2.24, 2.45) is 17.8 Å². The van der Waals surface area contributed by atoms with Crippen molar-refractivity contribution in [1.29, 1.82) is 0 Å². The summed E-state index contributed by atoms with van der Waals surface area (Å²) >= 11 is 0. The predicted octanol–water partition coefficient (Wildman–Crippen LogP) is 10.5. The minimum atomic E-state index is 0.779. The van der Waals surface area contributed by atoms with E-state index in [0.29, 0.717) is 0 Å². The van der Waals surface area contributed by atoms with Crippen molar-refractivity contribution in [3.05, 3.63) is 29.8 Å². The van der Waals surface area contributed by atoms with Gasteiger partial charge in [-0.2, -0.15) is 0 Å². The molecule has 1 heteroatoms. The zero-order valence-electron chi connectivity index (χ0n) is 22.2. The Labute approximate surface area is 206 Å². The molecule has 0 N–H and O–H groups in total. The van der Waals surface area contributed by atoms with Crippen molar-refractivity contribution in [2.75, 3.05) is 6.61 Å². The van der Waals surface area contributed by atoms with Crippen molar-refractivity contribution in [3.8, 4) is 5.75 Å². The lowest BCUT2D eigenvalue weighted by molar-refractivity contribution is 0.191. The Bertz CT molecular complexity index is 597. The number of ether oxygens (including phenoxy) is 1. The van der Waals surface area contributed by atoms with E-state index < -0.39 is 0 Å². The summed E-state index contributed by atoms with van der Waals surface area (Å²) < 4.78 is 6.15. The number of benzene rings is 1. The van der Waals surface area contributed by atoms with Gasteiger partial charge in [0.2, 0.25) is 0 Å². The number of hydrogen-bond donors (Lipinski definition) is 0. The molecule has 2 saturated carbocycles. The first-order valence-electron chi connectivity index (χ1n) is 15.0. The first-order chi connectivity index (χ1) is 16.3. The quantitative estimate of drug-likeness (QED) is 0.239. The van der Waals surface area contributed by atoms with Gasteiger partial charge in [-0.05, 0) is 79.9 Å². The van der Waals surface area contributed by atoms with Gasteiger partial charge in [0.05, 0.1) is 6.61 Å². The van der Waals surface area contributed by atoms with Crippen LogP contribution in [0.15, 0.2) is 24.3 Å². The van der Waals surface area contributed by atoms with Gasteiger partial charge in [0.15, 0.2) is 0 Å². The Morgan fingerprint density at radius 1 is 0.636 bits per heavy atom. The number of unbranched alkanes of at least 4 members (excludes halogenated alkanes) is 5. The summed E-state index contributed by atoms with van der Waals surface area (Å²) in [5.41, 5.74) is 1.55. The van der Waals surface area contributed by atoms with Gasteiger partial charge in [-0.3, -0.25) is 0 Å². The van der Waals surface area contributed by atoms with Gasteiger partial charge in [0.1, 0.15) is 5.75 Å². The summed E-state index contributed by atoms with van der Waals surface area (Å²) in [4.78, 5) is 0. The van der Waals surface area contributed by atoms with Crippen molar-refractivity contribution in [3.63, 3.8) is 0 Å². The fourth-order valence-electron chi connectivity index (χ4n) is 6.70. The van der Waals surface area contributed by atoms with Crippen LogP contribution in [0.4, 0.5) is 0 Å². The fraction of sp³-hybridized carbons (Fsp3) is 0.812. The number of rotatable bonds is 15. The normalized spacial score (nSPS) is 25.8. The first-order valence-corrected chi connectivity index (χ1v) is 15.0. The molecular formula is C32H54O. The molecule has 188 valence electrons. The second kappa shape index (κ2) is 15.8. The molecule has 0 radical (unpaired) electrons. The van der Waals surface area contributed by atoms with Crippen molar-refractivity contribution in [2.45, 2.75) is 142 Å². The smallest absolute Gasteiger partial charge is 0.119 e. The van der Waals surface area contributed by atoms with Gasteiger partial charge in [0, 0.05) is 0 Å². The van der Waals surface area contributed by atoms with Gasteiger partial charge in [-0.25, -0.2) is 0 Å². The molecule has 0 aliphatic heterocycles. The first kappa shape index (κ1) is 26.6. The lowest BCUT2D eigenvalue weighted by atomic mass is 9.75. The van der Waals surface area contributed by atoms with Gasteiger partial charge < -0.3 is 4.74 Å². The summed E-state index contributed by atoms with van der Waals surface area (Å²) in [7, 11) is 0. The van der Waals surface area contributed by atoms with Crippen LogP contribution in [-0.4, -0.2) is 6.61 Å². The Hall–Kier alpha value is -0.980. The van der Waals surface area contributed by atoms with Crippen LogP contribution in [0.5, 0.6) is 5.75 Å². The minimum Gasteiger partial charge on any atom is -0.494 e. The van der Waals surface area contributed by atoms with Crippen LogP contribution >= 0.6 is 0 Å². The summed E-state index contributed by atoms with van der Waals surface area (Å²) in [5.74, 6) is 4.81. The van der Waals surface area contributed by atoms with Gasteiger partial charge in [-0.1, -0.05) is 109 Å². The van der Waals surface area contributed by atoms with Crippen molar-refractivity contribution >= 4 is 0 Å². The Morgan fingerprint density at radius 2 is 1.27 bits per heavy atom. The average Bonchev–Trinajstić information content (AvgIpc) is 2.86. The van der Waals surface area contributed by atoms with E-state index in [-0.39, 0.29) is 0 Å². The van der Waals surface area contributed by atoms with E-state index in [1.54, 1.807) is 5.56 Å². The lowest BCUT2D eigenvalue weighted by Crippen LogP contribution is -2.20. The van der Waals surface area contributed by atoms with Gasteiger partial charge in [-0.15, -0.1) is 0 Å². The molecular weight excluding hydrogens is 400 g/mol. The third-order valence-electron chi connectivity index (χ3n) is 8.90. The molecule has 33 heavy (non-hydrogen) atoms. The zero-order chi connectivity index (χ0) is 23.1. The summed E-state index contributed by atoms with van der Waals surface area (Å²) in [6, 6.07) is 9.18. The van der Waals surface area contributed by atoms with Gasteiger partial charge in [0.25, 0.3) is 0 Å². The molecule has 2 atom stereocenters. The number of hydrogen-bond acceptors (Lipinski definition) is 1. The molecule has 2 aliphatic rings. The predicted molar refractivity (Wildman–Crippen MR) is 144 cm³/mol. The van der Waals surface area contributed by atoms with E-state index in [1.807, 2.05) is 0 Å². The second-order valence-electron chi connectivity index (χ2n) is 11.4. The Balaban J connectivity index is 1.30. The third-order valence-corrected chi connectivity index (χ3v) is 8.90. The summed E-state index contributed by atoms with van der Waals surface area (Å²) in [6.07, 6.45) is 27.0. The third kappa shape index (κ3) is 9.65. The Kier molecular flexibility index (Phi) is 12.8. The van der Waals surface area contributed by atoms with E-state index in [9.17, 15) is 0 Å². The van der Waals surface area contributed by atoms with Crippen LogP contribution in [0.25, 0.3) is 0 Å². The molecule has 2 aliphatic carbocycles.